The Morgan fingerprint density at radius 1 is 1.24 bits per heavy atom. The lowest BCUT2D eigenvalue weighted by Gasteiger charge is -2.36. The van der Waals surface area contributed by atoms with E-state index in [0.29, 0.717) is 55.4 Å². The number of hydrogen-bond donors (Lipinski definition) is 2. The van der Waals surface area contributed by atoms with Crippen LogP contribution in [-0.4, -0.2) is 77.1 Å². The standard InChI is InChI=1S/C28H41N5O4/c1-28(2,20-30-26(35)16-25(33(37)21-34)15-22-6-3-4-7-22)17-27(36)32-12-10-31(11-13-32)19-24-9-5-8-23(14-24)18-29/h5,8-9,14,21-22,25,37H,3-4,6-7,10-13,15-17,19-20H2,1-2H3,(H,30,35). The molecule has 2 fully saturated rings. The second-order valence-corrected chi connectivity index (χ2v) is 11.3. The van der Waals surface area contributed by atoms with Crippen LogP contribution in [0.1, 0.15) is 69.9 Å². The Kier molecular flexibility index (Phi) is 10.5. The van der Waals surface area contributed by atoms with Crippen LogP contribution in [0, 0.1) is 22.7 Å². The van der Waals surface area contributed by atoms with E-state index in [0.717, 1.165) is 50.9 Å². The molecule has 1 aliphatic carbocycles. The van der Waals surface area contributed by atoms with E-state index in [4.69, 9.17) is 5.26 Å². The number of nitrogens with one attached hydrogen (secondary N) is 1. The Hall–Kier alpha value is -2.96. The molecule has 9 heteroatoms. The summed E-state index contributed by atoms with van der Waals surface area (Å²) in [6.45, 7) is 7.88. The first-order chi connectivity index (χ1) is 17.7. The predicted molar refractivity (Wildman–Crippen MR) is 139 cm³/mol. The summed E-state index contributed by atoms with van der Waals surface area (Å²) in [5.41, 5.74) is 1.33. The lowest BCUT2D eigenvalue weighted by Crippen LogP contribution is -2.49. The van der Waals surface area contributed by atoms with Gasteiger partial charge in [-0.25, -0.2) is 5.06 Å². The number of hydroxylamine groups is 2. The van der Waals surface area contributed by atoms with Gasteiger partial charge in [-0.15, -0.1) is 0 Å². The average molecular weight is 512 g/mol. The molecule has 1 aliphatic heterocycles. The number of hydrogen-bond acceptors (Lipinski definition) is 6. The fourth-order valence-corrected chi connectivity index (χ4v) is 5.36. The number of carbonyl (C=O) groups excluding carboxylic acids is 3. The molecule has 37 heavy (non-hydrogen) atoms. The SMILES string of the molecule is CC(C)(CNC(=O)CC(CC1CCCC1)N(O)C=O)CC(=O)N1CCN(Cc2cccc(C#N)c2)CC1. The summed E-state index contributed by atoms with van der Waals surface area (Å²) >= 11 is 0. The van der Waals surface area contributed by atoms with E-state index >= 15 is 0 Å². The van der Waals surface area contributed by atoms with Crippen molar-refractivity contribution in [2.75, 3.05) is 32.7 Å². The molecule has 3 rings (SSSR count). The Bertz CT molecular complexity index is 962. The summed E-state index contributed by atoms with van der Waals surface area (Å²) in [5, 5.41) is 22.6. The van der Waals surface area contributed by atoms with Gasteiger partial charge in [-0.05, 0) is 35.4 Å². The van der Waals surface area contributed by atoms with E-state index in [-0.39, 0.29) is 18.2 Å². The van der Waals surface area contributed by atoms with Gasteiger partial charge in [0.2, 0.25) is 18.2 Å². The summed E-state index contributed by atoms with van der Waals surface area (Å²) in [4.78, 5) is 40.9. The van der Waals surface area contributed by atoms with Crippen molar-refractivity contribution < 1.29 is 19.6 Å². The van der Waals surface area contributed by atoms with E-state index in [1.807, 2.05) is 36.9 Å². The molecule has 2 aliphatic rings. The molecule has 1 aromatic carbocycles. The molecule has 1 heterocycles. The van der Waals surface area contributed by atoms with Crippen LogP contribution in [0.15, 0.2) is 24.3 Å². The first-order valence-electron chi connectivity index (χ1n) is 13.4. The first-order valence-corrected chi connectivity index (χ1v) is 13.4. The second-order valence-electron chi connectivity index (χ2n) is 11.3. The Morgan fingerprint density at radius 2 is 1.95 bits per heavy atom. The van der Waals surface area contributed by atoms with Crippen LogP contribution >= 0.6 is 0 Å². The topological polar surface area (TPSA) is 117 Å². The molecule has 0 spiro atoms. The van der Waals surface area contributed by atoms with Crippen LogP contribution in [0.4, 0.5) is 0 Å². The van der Waals surface area contributed by atoms with Gasteiger partial charge < -0.3 is 10.2 Å². The Labute approximate surface area is 220 Å². The van der Waals surface area contributed by atoms with Crippen LogP contribution < -0.4 is 5.32 Å². The van der Waals surface area contributed by atoms with Gasteiger partial charge in [-0.3, -0.25) is 24.5 Å². The smallest absolute Gasteiger partial charge is 0.233 e. The fraction of sp³-hybridized carbons (Fsp3) is 0.643. The summed E-state index contributed by atoms with van der Waals surface area (Å²) in [6.07, 6.45) is 5.83. The molecule has 1 aromatic rings. The minimum atomic E-state index is -0.524. The third kappa shape index (κ3) is 9.13. The third-order valence-electron chi connectivity index (χ3n) is 7.56. The van der Waals surface area contributed by atoms with Gasteiger partial charge in [0.15, 0.2) is 0 Å². The first kappa shape index (κ1) is 28.6. The largest absolute Gasteiger partial charge is 0.355 e. The highest BCUT2D eigenvalue weighted by atomic mass is 16.5. The molecule has 3 amide bonds. The summed E-state index contributed by atoms with van der Waals surface area (Å²) in [7, 11) is 0. The van der Waals surface area contributed by atoms with Gasteiger partial charge in [0, 0.05) is 52.1 Å². The van der Waals surface area contributed by atoms with Crippen LogP contribution in [0.5, 0.6) is 0 Å². The Balaban J connectivity index is 1.41. The third-order valence-corrected chi connectivity index (χ3v) is 7.56. The molecule has 0 radical (unpaired) electrons. The zero-order valence-corrected chi connectivity index (χ0v) is 22.2. The normalized spacial score (nSPS) is 17.7. The minimum absolute atomic E-state index is 0.0506. The summed E-state index contributed by atoms with van der Waals surface area (Å²) in [5.74, 6) is 0.287. The minimum Gasteiger partial charge on any atom is -0.355 e. The van der Waals surface area contributed by atoms with Gasteiger partial charge >= 0.3 is 0 Å². The molecular formula is C28H41N5O4. The molecule has 9 nitrogen and oxygen atoms in total. The molecule has 0 aromatic heterocycles. The van der Waals surface area contributed by atoms with Crippen LogP contribution in [-0.2, 0) is 20.9 Å². The lowest BCUT2D eigenvalue weighted by atomic mass is 9.88. The lowest BCUT2D eigenvalue weighted by molar-refractivity contribution is -0.163. The number of carbonyl (C=O) groups is 3. The van der Waals surface area contributed by atoms with Gasteiger partial charge in [0.05, 0.1) is 17.7 Å². The number of amides is 3. The van der Waals surface area contributed by atoms with E-state index in [1.54, 1.807) is 6.07 Å². The molecule has 1 saturated carbocycles. The van der Waals surface area contributed by atoms with Crippen molar-refractivity contribution in [3.8, 4) is 6.07 Å². The van der Waals surface area contributed by atoms with Crippen LogP contribution in [0.2, 0.25) is 0 Å². The monoisotopic (exact) mass is 511 g/mol. The second kappa shape index (κ2) is 13.5. The molecule has 0 bridgehead atoms. The molecule has 202 valence electrons. The number of nitrogens with zero attached hydrogens (tertiary/aromatic N) is 4. The Morgan fingerprint density at radius 3 is 2.59 bits per heavy atom. The number of nitriles is 1. The van der Waals surface area contributed by atoms with Crippen molar-refractivity contribution in [1.29, 1.82) is 5.26 Å². The van der Waals surface area contributed by atoms with Crippen molar-refractivity contribution in [3.05, 3.63) is 35.4 Å². The van der Waals surface area contributed by atoms with Crippen LogP contribution in [0.25, 0.3) is 0 Å². The molecule has 1 unspecified atom stereocenters. The molecule has 1 saturated heterocycles. The van der Waals surface area contributed by atoms with Gasteiger partial charge in [0.25, 0.3) is 0 Å². The zero-order valence-electron chi connectivity index (χ0n) is 22.2. The number of benzene rings is 1. The molecule has 1 atom stereocenters. The molecule has 2 N–H and O–H groups in total. The van der Waals surface area contributed by atoms with E-state index < -0.39 is 11.5 Å². The number of rotatable bonds is 12. The van der Waals surface area contributed by atoms with Gasteiger partial charge in [-0.1, -0.05) is 51.7 Å². The quantitative estimate of drug-likeness (QED) is 0.253. The highest BCUT2D eigenvalue weighted by molar-refractivity contribution is 5.78. The van der Waals surface area contributed by atoms with Crippen molar-refractivity contribution in [1.82, 2.24) is 20.2 Å². The van der Waals surface area contributed by atoms with Gasteiger partial charge in [-0.2, -0.15) is 5.26 Å². The van der Waals surface area contributed by atoms with Crippen molar-refractivity contribution in [3.63, 3.8) is 0 Å². The summed E-state index contributed by atoms with van der Waals surface area (Å²) in [6, 6.07) is 9.26. The molecular weight excluding hydrogens is 470 g/mol. The number of piperazine rings is 1. The maximum atomic E-state index is 13.0. The maximum Gasteiger partial charge on any atom is 0.233 e. The van der Waals surface area contributed by atoms with Crippen molar-refractivity contribution in [2.45, 2.75) is 71.4 Å². The van der Waals surface area contributed by atoms with E-state index in [9.17, 15) is 19.6 Å². The van der Waals surface area contributed by atoms with Crippen LogP contribution in [0.3, 0.4) is 0 Å². The zero-order chi connectivity index (χ0) is 26.8. The van der Waals surface area contributed by atoms with E-state index in [2.05, 4.69) is 16.3 Å². The fourth-order valence-electron chi connectivity index (χ4n) is 5.36. The van der Waals surface area contributed by atoms with E-state index in [1.165, 1.54) is 0 Å². The highest BCUT2D eigenvalue weighted by Crippen LogP contribution is 2.30. The van der Waals surface area contributed by atoms with Gasteiger partial charge in [0.1, 0.15) is 0 Å². The summed E-state index contributed by atoms with van der Waals surface area (Å²) < 4.78 is 0. The van der Waals surface area contributed by atoms with Crippen molar-refractivity contribution >= 4 is 18.2 Å². The highest BCUT2D eigenvalue weighted by Gasteiger charge is 2.30. The predicted octanol–water partition coefficient (Wildman–Crippen LogP) is 2.92. The van der Waals surface area contributed by atoms with Crippen molar-refractivity contribution in [2.24, 2.45) is 11.3 Å². The average Bonchev–Trinajstić information content (AvgIpc) is 3.40. The maximum absolute atomic E-state index is 13.0.